The second-order valence-corrected chi connectivity index (χ2v) is 7.25. The van der Waals surface area contributed by atoms with Crippen molar-refractivity contribution in [2.24, 2.45) is 5.41 Å². The van der Waals surface area contributed by atoms with E-state index in [-0.39, 0.29) is 16.7 Å². The molecule has 2 heterocycles. The number of nitrogens with one attached hydrogen (secondary N) is 1. The molecular weight excluding hydrogens is 280 g/mol. The molecule has 110 valence electrons. The third-order valence-corrected chi connectivity index (χ3v) is 5.55. The first-order valence-corrected chi connectivity index (χ1v) is 8.15. The topological polar surface area (TPSA) is 42.0 Å². The molecule has 1 fully saturated rings. The van der Waals surface area contributed by atoms with E-state index in [2.05, 4.69) is 35.6 Å². The Morgan fingerprint density at radius 1 is 1.33 bits per heavy atom. The van der Waals surface area contributed by atoms with Crippen LogP contribution in [0.1, 0.15) is 30.7 Å². The van der Waals surface area contributed by atoms with E-state index in [1.807, 2.05) is 18.2 Å². The second kappa shape index (κ2) is 5.26. The molecule has 0 radical (unpaired) electrons. The van der Waals surface area contributed by atoms with Gasteiger partial charge in [-0.1, -0.05) is 19.9 Å². The Morgan fingerprint density at radius 2 is 2.05 bits per heavy atom. The zero-order valence-electron chi connectivity index (χ0n) is 12.4. The highest BCUT2D eigenvalue weighted by Crippen LogP contribution is 2.65. The molecule has 0 aromatic carbocycles. The highest BCUT2D eigenvalue weighted by Gasteiger charge is 2.67. The zero-order chi connectivity index (χ0) is 14.9. The normalized spacial score (nSPS) is 22.8. The number of hydrogen-bond acceptors (Lipinski definition) is 3. The maximum atomic E-state index is 12.7. The predicted octanol–water partition coefficient (Wildman–Crippen LogP) is 3.17. The minimum absolute atomic E-state index is 0.0542. The van der Waals surface area contributed by atoms with Crippen molar-refractivity contribution in [2.75, 3.05) is 6.54 Å². The van der Waals surface area contributed by atoms with Crippen LogP contribution in [0.5, 0.6) is 0 Å². The van der Waals surface area contributed by atoms with Gasteiger partial charge in [0.25, 0.3) is 0 Å². The smallest absolute Gasteiger partial charge is 0.232 e. The Kier molecular flexibility index (Phi) is 3.57. The third kappa shape index (κ3) is 2.48. The van der Waals surface area contributed by atoms with E-state index in [4.69, 9.17) is 0 Å². The molecule has 3 nitrogen and oxygen atoms in total. The summed E-state index contributed by atoms with van der Waals surface area (Å²) in [6, 6.07) is 8.09. The van der Waals surface area contributed by atoms with Crippen molar-refractivity contribution in [2.45, 2.75) is 32.1 Å². The lowest BCUT2D eigenvalue weighted by atomic mass is 9.93. The van der Waals surface area contributed by atoms with Gasteiger partial charge in [-0.3, -0.25) is 9.78 Å². The quantitative estimate of drug-likeness (QED) is 0.921. The predicted molar refractivity (Wildman–Crippen MR) is 85.3 cm³/mol. The molecule has 3 rings (SSSR count). The van der Waals surface area contributed by atoms with Crippen molar-refractivity contribution in [1.29, 1.82) is 0 Å². The van der Waals surface area contributed by atoms with E-state index in [9.17, 15) is 4.79 Å². The molecule has 21 heavy (non-hydrogen) atoms. The lowest BCUT2D eigenvalue weighted by Crippen LogP contribution is -2.38. The summed E-state index contributed by atoms with van der Waals surface area (Å²) >= 11 is 1.68. The number of amides is 1. The molecule has 4 heteroatoms. The molecule has 1 atom stereocenters. The first-order chi connectivity index (χ1) is 10.1. The van der Waals surface area contributed by atoms with Crippen LogP contribution in [0.3, 0.4) is 0 Å². The fraction of sp³-hybridized carbons (Fsp3) is 0.412. The number of nitrogens with zero attached hydrogens (tertiary/aromatic N) is 1. The van der Waals surface area contributed by atoms with Crippen LogP contribution in [0.15, 0.2) is 42.0 Å². The van der Waals surface area contributed by atoms with Gasteiger partial charge < -0.3 is 5.32 Å². The van der Waals surface area contributed by atoms with Crippen LogP contribution in [-0.4, -0.2) is 17.4 Å². The molecule has 1 saturated carbocycles. The second-order valence-electron chi connectivity index (χ2n) is 6.30. The number of rotatable bonds is 5. The molecule has 2 aromatic heterocycles. The molecule has 0 spiro atoms. The summed E-state index contributed by atoms with van der Waals surface area (Å²) in [5.41, 5.74) is 0.934. The summed E-state index contributed by atoms with van der Waals surface area (Å²) < 4.78 is 0. The number of hydrogen-bond donors (Lipinski definition) is 1. The molecule has 1 amide bonds. The van der Waals surface area contributed by atoms with Crippen LogP contribution in [0, 0.1) is 5.41 Å². The van der Waals surface area contributed by atoms with Gasteiger partial charge in [-0.25, -0.2) is 0 Å². The third-order valence-electron chi connectivity index (χ3n) is 4.52. The van der Waals surface area contributed by atoms with Gasteiger partial charge in [-0.2, -0.15) is 0 Å². The van der Waals surface area contributed by atoms with Crippen molar-refractivity contribution in [3.8, 4) is 0 Å². The molecular formula is C17H20N2OS. The molecule has 0 aliphatic heterocycles. The van der Waals surface area contributed by atoms with Crippen molar-refractivity contribution < 1.29 is 4.79 Å². The first kappa shape index (κ1) is 14.3. The van der Waals surface area contributed by atoms with Crippen LogP contribution in [0.2, 0.25) is 0 Å². The maximum absolute atomic E-state index is 12.7. The summed E-state index contributed by atoms with van der Waals surface area (Å²) in [4.78, 5) is 17.9. The van der Waals surface area contributed by atoms with Crippen LogP contribution >= 0.6 is 11.3 Å². The lowest BCUT2D eigenvalue weighted by molar-refractivity contribution is -0.124. The summed E-state index contributed by atoms with van der Waals surface area (Å²) in [6.45, 7) is 5.02. The Hall–Kier alpha value is -1.68. The van der Waals surface area contributed by atoms with Gasteiger partial charge >= 0.3 is 0 Å². The van der Waals surface area contributed by atoms with E-state index in [1.165, 1.54) is 10.4 Å². The molecule has 0 unspecified atom stereocenters. The SMILES string of the molecule is CC1(C)C[C@]1(C(=O)NCCc1ccncc1)c1cccs1. The number of pyridine rings is 1. The fourth-order valence-corrected chi connectivity index (χ4v) is 4.18. The largest absolute Gasteiger partial charge is 0.355 e. The number of thiophene rings is 1. The minimum Gasteiger partial charge on any atom is -0.355 e. The van der Waals surface area contributed by atoms with Gasteiger partial charge in [-0.15, -0.1) is 11.3 Å². The van der Waals surface area contributed by atoms with Gasteiger partial charge in [0.05, 0.1) is 5.41 Å². The van der Waals surface area contributed by atoms with Crippen LogP contribution in [-0.2, 0) is 16.6 Å². The average Bonchev–Trinajstić information content (AvgIpc) is 2.85. The molecule has 1 aliphatic carbocycles. The summed E-state index contributed by atoms with van der Waals surface area (Å²) in [7, 11) is 0. The zero-order valence-corrected chi connectivity index (χ0v) is 13.2. The lowest BCUT2D eigenvalue weighted by Gasteiger charge is -2.19. The van der Waals surface area contributed by atoms with E-state index < -0.39 is 0 Å². The van der Waals surface area contributed by atoms with E-state index >= 15 is 0 Å². The van der Waals surface area contributed by atoms with Crippen LogP contribution in [0.4, 0.5) is 0 Å². The van der Waals surface area contributed by atoms with Crippen LogP contribution < -0.4 is 5.32 Å². The van der Waals surface area contributed by atoms with Crippen molar-refractivity contribution in [3.05, 3.63) is 52.5 Å². The van der Waals surface area contributed by atoms with Gasteiger partial charge in [0.2, 0.25) is 5.91 Å². The Bertz CT molecular complexity index is 622. The standard InChI is InChI=1S/C17H20N2OS/c1-16(2)12-17(16,14-4-3-11-21-14)15(20)19-10-7-13-5-8-18-9-6-13/h3-6,8-9,11H,7,10,12H2,1-2H3,(H,19,20)/t17-/m1/s1. The highest BCUT2D eigenvalue weighted by molar-refractivity contribution is 7.10. The Balaban J connectivity index is 1.65. The first-order valence-electron chi connectivity index (χ1n) is 7.27. The highest BCUT2D eigenvalue weighted by atomic mass is 32.1. The summed E-state index contributed by atoms with van der Waals surface area (Å²) in [5, 5.41) is 5.18. The van der Waals surface area contributed by atoms with Gasteiger partial charge in [0, 0.05) is 23.8 Å². The van der Waals surface area contributed by atoms with Crippen LogP contribution in [0.25, 0.3) is 0 Å². The maximum Gasteiger partial charge on any atom is 0.232 e. The van der Waals surface area contributed by atoms with Gasteiger partial charge in [-0.05, 0) is 47.4 Å². The number of carbonyl (C=O) groups is 1. The van der Waals surface area contributed by atoms with Crippen molar-refractivity contribution >= 4 is 17.2 Å². The van der Waals surface area contributed by atoms with E-state index in [0.717, 1.165) is 12.8 Å². The van der Waals surface area contributed by atoms with Gasteiger partial charge in [0.1, 0.15) is 0 Å². The number of aromatic nitrogens is 1. The molecule has 2 aromatic rings. The van der Waals surface area contributed by atoms with E-state index in [1.54, 1.807) is 23.7 Å². The monoisotopic (exact) mass is 300 g/mol. The van der Waals surface area contributed by atoms with Crippen molar-refractivity contribution in [1.82, 2.24) is 10.3 Å². The summed E-state index contributed by atoms with van der Waals surface area (Å²) in [5.74, 6) is 0.170. The molecule has 1 N–H and O–H groups in total. The molecule has 0 bridgehead atoms. The summed E-state index contributed by atoms with van der Waals surface area (Å²) in [6.07, 6.45) is 5.35. The number of carbonyl (C=O) groups excluding carboxylic acids is 1. The minimum atomic E-state index is -0.320. The van der Waals surface area contributed by atoms with E-state index in [0.29, 0.717) is 6.54 Å². The van der Waals surface area contributed by atoms with Gasteiger partial charge in [0.15, 0.2) is 0 Å². The Morgan fingerprint density at radius 3 is 2.62 bits per heavy atom. The average molecular weight is 300 g/mol. The fourth-order valence-electron chi connectivity index (χ4n) is 3.08. The van der Waals surface area contributed by atoms with Crippen molar-refractivity contribution in [3.63, 3.8) is 0 Å². The molecule has 1 aliphatic rings. The Labute approximate surface area is 129 Å². The molecule has 0 saturated heterocycles.